The Kier molecular flexibility index (Phi) is 4.10. The Labute approximate surface area is 138 Å². The first-order chi connectivity index (χ1) is 10.9. The molecule has 23 heavy (non-hydrogen) atoms. The van der Waals surface area contributed by atoms with E-state index < -0.39 is 5.41 Å². The molecular formula is C16H18ClN3O3. The number of Topliss-reactive ketones (excluding diaryl/α,β-unsaturated/α-hetero) is 1. The average molecular weight is 336 g/mol. The van der Waals surface area contributed by atoms with Crippen LogP contribution >= 0.6 is 11.6 Å². The monoisotopic (exact) mass is 335 g/mol. The van der Waals surface area contributed by atoms with E-state index in [0.29, 0.717) is 17.6 Å². The predicted molar refractivity (Wildman–Crippen MR) is 84.7 cm³/mol. The minimum absolute atomic E-state index is 0.0658. The van der Waals surface area contributed by atoms with Crippen LogP contribution in [-0.4, -0.2) is 20.9 Å². The van der Waals surface area contributed by atoms with Crippen LogP contribution in [-0.2, 0) is 5.41 Å². The molecule has 122 valence electrons. The molecule has 0 bridgehead atoms. The molecule has 1 aliphatic rings. The van der Waals surface area contributed by atoms with E-state index in [9.17, 15) is 9.59 Å². The van der Waals surface area contributed by atoms with Crippen LogP contribution in [0.15, 0.2) is 21.6 Å². The van der Waals surface area contributed by atoms with Gasteiger partial charge in [-0.1, -0.05) is 36.5 Å². The van der Waals surface area contributed by atoms with Gasteiger partial charge in [0.15, 0.2) is 11.6 Å². The lowest BCUT2D eigenvalue weighted by molar-refractivity contribution is 0.0939. The Morgan fingerprint density at radius 3 is 2.83 bits per heavy atom. The maximum Gasteiger partial charge on any atom is 0.223 e. The minimum Gasteiger partial charge on any atom is -0.357 e. The third-order valence-corrected chi connectivity index (χ3v) is 4.52. The van der Waals surface area contributed by atoms with E-state index in [1.54, 1.807) is 6.92 Å². The molecule has 2 aromatic rings. The largest absolute Gasteiger partial charge is 0.357 e. The van der Waals surface area contributed by atoms with Gasteiger partial charge in [0.05, 0.1) is 5.69 Å². The van der Waals surface area contributed by atoms with Gasteiger partial charge < -0.3 is 9.51 Å². The van der Waals surface area contributed by atoms with Crippen LogP contribution in [0.25, 0.3) is 0 Å². The molecule has 1 unspecified atom stereocenters. The molecule has 6 nitrogen and oxygen atoms in total. The molecule has 0 spiro atoms. The van der Waals surface area contributed by atoms with Gasteiger partial charge in [0.1, 0.15) is 5.02 Å². The number of hydrogen-bond donors (Lipinski definition) is 1. The highest BCUT2D eigenvalue weighted by Crippen LogP contribution is 2.43. The molecule has 0 saturated heterocycles. The topological polar surface area (TPSA) is 88.9 Å². The second-order valence-electron chi connectivity index (χ2n) is 6.50. The van der Waals surface area contributed by atoms with Gasteiger partial charge in [-0.25, -0.2) is 0 Å². The summed E-state index contributed by atoms with van der Waals surface area (Å²) in [5.74, 6) is 1.46. The number of aromatic amines is 1. The summed E-state index contributed by atoms with van der Waals surface area (Å²) in [6.07, 6.45) is 4.71. The lowest BCUT2D eigenvalue weighted by atomic mass is 9.78. The van der Waals surface area contributed by atoms with Crippen LogP contribution in [0.1, 0.15) is 54.8 Å². The van der Waals surface area contributed by atoms with Crippen LogP contribution in [0.3, 0.4) is 0 Å². The number of nitrogens with zero attached hydrogens (tertiary/aromatic N) is 2. The third-order valence-electron chi connectivity index (χ3n) is 4.22. The van der Waals surface area contributed by atoms with Crippen LogP contribution in [0.4, 0.5) is 0 Å². The Balaban J connectivity index is 1.86. The summed E-state index contributed by atoms with van der Waals surface area (Å²) >= 11 is 5.71. The van der Waals surface area contributed by atoms with E-state index in [-0.39, 0.29) is 28.3 Å². The first-order valence-electron chi connectivity index (χ1n) is 7.59. The first kappa shape index (κ1) is 15.9. The molecule has 3 rings (SSSR count). The molecule has 1 fully saturated rings. The standard InChI is InChI=1S/C16H18ClN3O3/c1-9-19-15(20-23-9)16(2,6-10-3-4-10)7-14(22)12-5-13(21)11(17)8-18-12/h5,8,10H,3-4,6-7H2,1-2H3,(H,18,21). The minimum atomic E-state index is -0.507. The Morgan fingerprint density at radius 1 is 1.52 bits per heavy atom. The molecule has 0 amide bonds. The number of ketones is 1. The number of rotatable bonds is 6. The molecule has 1 atom stereocenters. The summed E-state index contributed by atoms with van der Waals surface area (Å²) in [6, 6.07) is 1.24. The molecule has 7 heteroatoms. The van der Waals surface area contributed by atoms with Gasteiger partial charge in [0, 0.05) is 31.0 Å². The maximum atomic E-state index is 12.6. The summed E-state index contributed by atoms with van der Waals surface area (Å²) in [6.45, 7) is 3.70. The zero-order valence-electron chi connectivity index (χ0n) is 13.1. The normalized spacial score (nSPS) is 17.0. The van der Waals surface area contributed by atoms with Crippen LogP contribution in [0.2, 0.25) is 5.02 Å². The van der Waals surface area contributed by atoms with Gasteiger partial charge in [0.25, 0.3) is 0 Å². The number of carbonyl (C=O) groups excluding carboxylic acids is 1. The highest BCUT2D eigenvalue weighted by molar-refractivity contribution is 6.30. The summed E-state index contributed by atoms with van der Waals surface area (Å²) in [4.78, 5) is 31.3. The van der Waals surface area contributed by atoms with Crippen molar-refractivity contribution in [3.05, 3.63) is 44.9 Å². The van der Waals surface area contributed by atoms with Crippen molar-refractivity contribution in [2.75, 3.05) is 0 Å². The molecule has 2 heterocycles. The molecule has 0 aromatic carbocycles. The average Bonchev–Trinajstić information content (AvgIpc) is 3.18. The lowest BCUT2D eigenvalue weighted by Gasteiger charge is -2.25. The van der Waals surface area contributed by atoms with Crippen molar-refractivity contribution < 1.29 is 9.32 Å². The van der Waals surface area contributed by atoms with Crippen molar-refractivity contribution in [2.24, 2.45) is 5.92 Å². The smallest absolute Gasteiger partial charge is 0.223 e. The van der Waals surface area contributed by atoms with Crippen LogP contribution in [0, 0.1) is 12.8 Å². The summed E-state index contributed by atoms with van der Waals surface area (Å²) < 4.78 is 5.09. The highest BCUT2D eigenvalue weighted by atomic mass is 35.5. The molecule has 2 aromatic heterocycles. The predicted octanol–water partition coefficient (Wildman–Crippen LogP) is 3.05. The number of aromatic nitrogens is 3. The van der Waals surface area contributed by atoms with Crippen molar-refractivity contribution in [1.82, 2.24) is 15.1 Å². The highest BCUT2D eigenvalue weighted by Gasteiger charge is 2.40. The molecule has 0 radical (unpaired) electrons. The SMILES string of the molecule is Cc1nc(C(C)(CC(=O)c2cc(=O)c(Cl)c[nH]2)CC2CC2)no1. The van der Waals surface area contributed by atoms with E-state index >= 15 is 0 Å². The molecule has 1 aliphatic carbocycles. The van der Waals surface area contributed by atoms with E-state index in [2.05, 4.69) is 15.1 Å². The fourth-order valence-corrected chi connectivity index (χ4v) is 2.92. The summed E-state index contributed by atoms with van der Waals surface area (Å²) in [7, 11) is 0. The van der Waals surface area contributed by atoms with Crippen molar-refractivity contribution in [3.63, 3.8) is 0 Å². The number of carbonyl (C=O) groups is 1. The van der Waals surface area contributed by atoms with E-state index in [1.165, 1.54) is 25.1 Å². The van der Waals surface area contributed by atoms with E-state index in [1.807, 2.05) is 6.92 Å². The molecule has 1 N–H and O–H groups in total. The number of pyridine rings is 1. The van der Waals surface area contributed by atoms with Gasteiger partial charge in [-0.15, -0.1) is 0 Å². The third kappa shape index (κ3) is 3.52. The van der Waals surface area contributed by atoms with Crippen molar-refractivity contribution in [3.8, 4) is 0 Å². The number of nitrogens with one attached hydrogen (secondary N) is 1. The Bertz CT molecular complexity index is 794. The van der Waals surface area contributed by atoms with Gasteiger partial charge >= 0.3 is 0 Å². The van der Waals surface area contributed by atoms with Crippen LogP contribution < -0.4 is 5.43 Å². The van der Waals surface area contributed by atoms with E-state index in [0.717, 1.165) is 6.42 Å². The second kappa shape index (κ2) is 5.92. The zero-order chi connectivity index (χ0) is 16.6. The lowest BCUT2D eigenvalue weighted by Crippen LogP contribution is -2.29. The molecular weight excluding hydrogens is 318 g/mol. The van der Waals surface area contributed by atoms with E-state index in [4.69, 9.17) is 16.1 Å². The quantitative estimate of drug-likeness (QED) is 0.819. The first-order valence-corrected chi connectivity index (χ1v) is 7.97. The Hall–Kier alpha value is -1.95. The zero-order valence-corrected chi connectivity index (χ0v) is 13.8. The van der Waals surface area contributed by atoms with Crippen LogP contribution in [0.5, 0.6) is 0 Å². The maximum absolute atomic E-state index is 12.6. The number of aryl methyl sites for hydroxylation is 1. The van der Waals surface area contributed by atoms with Gasteiger partial charge in [-0.05, 0) is 12.3 Å². The van der Waals surface area contributed by atoms with Crippen molar-refractivity contribution in [1.29, 1.82) is 0 Å². The Morgan fingerprint density at radius 2 is 2.26 bits per heavy atom. The second-order valence-corrected chi connectivity index (χ2v) is 6.91. The van der Waals surface area contributed by atoms with Gasteiger partial charge in [-0.2, -0.15) is 4.98 Å². The molecule has 0 aliphatic heterocycles. The van der Waals surface area contributed by atoms with Gasteiger partial charge in [-0.3, -0.25) is 9.59 Å². The molecule has 1 saturated carbocycles. The van der Waals surface area contributed by atoms with Crippen molar-refractivity contribution in [2.45, 2.75) is 44.9 Å². The summed E-state index contributed by atoms with van der Waals surface area (Å²) in [5, 5.41) is 4.08. The number of hydrogen-bond acceptors (Lipinski definition) is 5. The summed E-state index contributed by atoms with van der Waals surface area (Å²) in [5.41, 5.74) is -0.623. The van der Waals surface area contributed by atoms with Gasteiger partial charge in [0.2, 0.25) is 11.3 Å². The number of H-pyrrole nitrogens is 1. The fourth-order valence-electron chi connectivity index (χ4n) is 2.81. The number of halogens is 1. The fraction of sp³-hybridized carbons (Fsp3) is 0.500. The van der Waals surface area contributed by atoms with Crippen molar-refractivity contribution >= 4 is 17.4 Å².